The number of guanidine groups is 1. The molecule has 0 unspecified atom stereocenters. The van der Waals surface area contributed by atoms with Crippen LogP contribution in [0, 0.1) is 0 Å². The number of benzene rings is 1. The Morgan fingerprint density at radius 1 is 1.06 bits per heavy atom. The quantitative estimate of drug-likeness (QED) is 0.235. The molecule has 1 aromatic rings. The van der Waals surface area contributed by atoms with Crippen molar-refractivity contribution in [2.45, 2.75) is 0 Å². The standard InChI is InChI=1S/C10H10N4O2/c11-10(12)14-13-4-7-1-8(5-15)3-9(2-7)6-16/h1-6H,(H4,11,12,14)/p+1. The lowest BCUT2D eigenvalue weighted by atomic mass is 10.1. The van der Waals surface area contributed by atoms with E-state index in [1.807, 2.05) is 0 Å². The van der Waals surface area contributed by atoms with E-state index < -0.39 is 0 Å². The highest BCUT2D eigenvalue weighted by atomic mass is 16.1. The molecule has 6 nitrogen and oxygen atoms in total. The van der Waals surface area contributed by atoms with Gasteiger partial charge in [-0.15, -0.1) is 5.10 Å². The molecule has 0 saturated heterocycles. The molecule has 0 saturated carbocycles. The van der Waals surface area contributed by atoms with Gasteiger partial charge in [0, 0.05) is 21.8 Å². The number of aldehydes is 2. The van der Waals surface area contributed by atoms with Crippen LogP contribution in [-0.2, 0) is 0 Å². The van der Waals surface area contributed by atoms with Crippen molar-refractivity contribution in [3.8, 4) is 0 Å². The molecule has 5 N–H and O–H groups in total. The third-order valence-corrected chi connectivity index (χ3v) is 1.70. The van der Waals surface area contributed by atoms with Crippen molar-refractivity contribution in [3.63, 3.8) is 0 Å². The Labute approximate surface area is 91.7 Å². The summed E-state index contributed by atoms with van der Waals surface area (Å²) >= 11 is 0. The summed E-state index contributed by atoms with van der Waals surface area (Å²) < 4.78 is 0. The number of nitrogens with one attached hydrogen (secondary N) is 1. The predicted octanol–water partition coefficient (Wildman–Crippen LogP) is -2.00. The van der Waals surface area contributed by atoms with Crippen LogP contribution in [0.2, 0.25) is 0 Å². The highest BCUT2D eigenvalue weighted by molar-refractivity contribution is 5.87. The molecule has 82 valence electrons. The Morgan fingerprint density at radius 2 is 1.56 bits per heavy atom. The molecule has 0 radical (unpaired) electrons. The molecule has 0 fully saturated rings. The van der Waals surface area contributed by atoms with Gasteiger partial charge in [-0.05, 0) is 18.2 Å². The van der Waals surface area contributed by atoms with Crippen molar-refractivity contribution in [2.75, 3.05) is 0 Å². The van der Waals surface area contributed by atoms with Gasteiger partial charge in [-0.25, -0.2) is 0 Å². The molecule has 0 atom stereocenters. The first-order valence-corrected chi connectivity index (χ1v) is 4.38. The van der Waals surface area contributed by atoms with Crippen molar-refractivity contribution in [1.82, 2.24) is 0 Å². The first-order valence-electron chi connectivity index (χ1n) is 4.38. The monoisotopic (exact) mass is 219 g/mol. The van der Waals surface area contributed by atoms with Crippen molar-refractivity contribution in [1.29, 1.82) is 0 Å². The molecule has 16 heavy (non-hydrogen) atoms. The molecule has 0 aliphatic rings. The largest absolute Gasteiger partial charge is 0.365 e. The number of hydrogen-bond donors (Lipinski definition) is 3. The Kier molecular flexibility index (Phi) is 3.90. The highest BCUT2D eigenvalue weighted by Gasteiger charge is 2.00. The van der Waals surface area contributed by atoms with Gasteiger partial charge in [0.05, 0.1) is 0 Å². The van der Waals surface area contributed by atoms with E-state index in [9.17, 15) is 9.59 Å². The van der Waals surface area contributed by atoms with E-state index >= 15 is 0 Å². The molecule has 0 aliphatic carbocycles. The molecule has 0 spiro atoms. The summed E-state index contributed by atoms with van der Waals surface area (Å²) in [6.45, 7) is 0. The molecular weight excluding hydrogens is 208 g/mol. The fourth-order valence-electron chi connectivity index (χ4n) is 1.10. The number of nitrogens with zero attached hydrogens (tertiary/aromatic N) is 1. The smallest absolute Gasteiger partial charge is 0.256 e. The molecule has 0 heterocycles. The van der Waals surface area contributed by atoms with E-state index in [4.69, 9.17) is 11.5 Å². The van der Waals surface area contributed by atoms with Crippen LogP contribution in [-0.4, -0.2) is 24.7 Å². The predicted molar refractivity (Wildman–Crippen MR) is 59.2 cm³/mol. The van der Waals surface area contributed by atoms with Gasteiger partial charge in [0.25, 0.3) is 5.96 Å². The van der Waals surface area contributed by atoms with Crippen molar-refractivity contribution in [2.24, 2.45) is 16.6 Å². The number of carbonyl (C=O) groups excluding carboxylic acids is 2. The van der Waals surface area contributed by atoms with Crippen LogP contribution < -0.4 is 16.6 Å². The first-order chi connectivity index (χ1) is 7.65. The second-order valence-corrected chi connectivity index (χ2v) is 2.98. The lowest BCUT2D eigenvalue weighted by molar-refractivity contribution is -0.456. The highest BCUT2D eigenvalue weighted by Crippen LogP contribution is 2.04. The normalized spacial score (nSPS) is 10.0. The number of carbonyl (C=O) groups is 2. The van der Waals surface area contributed by atoms with Crippen LogP contribution in [0.1, 0.15) is 26.3 Å². The lowest BCUT2D eigenvalue weighted by Crippen LogP contribution is -2.63. The fourth-order valence-corrected chi connectivity index (χ4v) is 1.10. The van der Waals surface area contributed by atoms with Gasteiger partial charge in [-0.3, -0.25) is 9.59 Å². The minimum atomic E-state index is -0.113. The van der Waals surface area contributed by atoms with Crippen LogP contribution in [0.4, 0.5) is 0 Å². The van der Waals surface area contributed by atoms with Gasteiger partial charge in [0.2, 0.25) is 6.21 Å². The topological polar surface area (TPSA) is 113 Å². The molecule has 0 bridgehead atoms. The maximum Gasteiger partial charge on any atom is 0.256 e. The van der Waals surface area contributed by atoms with Gasteiger partial charge in [-0.2, -0.15) is 0 Å². The van der Waals surface area contributed by atoms with Crippen LogP contribution >= 0.6 is 0 Å². The van der Waals surface area contributed by atoms with E-state index in [0.29, 0.717) is 29.3 Å². The maximum atomic E-state index is 10.6. The van der Waals surface area contributed by atoms with E-state index in [1.54, 1.807) is 12.1 Å². The molecule has 6 heteroatoms. The van der Waals surface area contributed by atoms with Crippen LogP contribution in [0.5, 0.6) is 0 Å². The van der Waals surface area contributed by atoms with Gasteiger partial charge < -0.3 is 11.5 Å². The number of rotatable bonds is 4. The Balaban J connectivity index is 3.04. The molecule has 0 amide bonds. The summed E-state index contributed by atoms with van der Waals surface area (Å²) in [4.78, 5) is 21.2. The van der Waals surface area contributed by atoms with Crippen LogP contribution in [0.25, 0.3) is 0 Å². The van der Waals surface area contributed by atoms with Gasteiger partial charge in [0.1, 0.15) is 12.6 Å². The molecule has 0 aromatic heterocycles. The summed E-state index contributed by atoms with van der Waals surface area (Å²) in [5.74, 6) is -0.113. The van der Waals surface area contributed by atoms with E-state index in [2.05, 4.69) is 10.2 Å². The van der Waals surface area contributed by atoms with E-state index in [0.717, 1.165) is 0 Å². The fraction of sp³-hybridized carbons (Fsp3) is 0. The van der Waals surface area contributed by atoms with Gasteiger partial charge >= 0.3 is 0 Å². The molecular formula is C10H11N4O2+. The van der Waals surface area contributed by atoms with E-state index in [1.165, 1.54) is 12.3 Å². The number of nitrogens with two attached hydrogens (primary N) is 2. The minimum absolute atomic E-state index is 0.113. The second-order valence-electron chi connectivity index (χ2n) is 2.98. The van der Waals surface area contributed by atoms with Crippen LogP contribution in [0.3, 0.4) is 0 Å². The molecule has 0 aliphatic heterocycles. The minimum Gasteiger partial charge on any atom is -0.365 e. The number of hydrogen-bond acceptors (Lipinski definition) is 3. The van der Waals surface area contributed by atoms with Gasteiger partial charge in [-0.1, -0.05) is 0 Å². The Morgan fingerprint density at radius 3 is 2.00 bits per heavy atom. The third kappa shape index (κ3) is 3.33. The van der Waals surface area contributed by atoms with Crippen molar-refractivity contribution >= 4 is 24.7 Å². The zero-order chi connectivity index (χ0) is 12.0. The van der Waals surface area contributed by atoms with E-state index in [-0.39, 0.29) is 5.96 Å². The SMILES string of the molecule is NC(N)=N[NH+]=Cc1cc(C=O)cc(C=O)c1. The molecule has 1 aromatic carbocycles. The number of hydrazone groups is 1. The Hall–Kier alpha value is -2.50. The average Bonchev–Trinajstić information content (AvgIpc) is 2.28. The maximum absolute atomic E-state index is 10.6. The lowest BCUT2D eigenvalue weighted by Gasteiger charge is -1.94. The third-order valence-electron chi connectivity index (χ3n) is 1.70. The molecule has 1 rings (SSSR count). The van der Waals surface area contributed by atoms with Crippen LogP contribution in [0.15, 0.2) is 23.3 Å². The first kappa shape index (κ1) is 11.6. The Bertz CT molecular complexity index is 436. The summed E-state index contributed by atoms with van der Waals surface area (Å²) in [5, 5.41) is 6.01. The van der Waals surface area contributed by atoms with Gasteiger partial charge in [0.15, 0.2) is 0 Å². The second kappa shape index (κ2) is 5.40. The van der Waals surface area contributed by atoms with Crippen molar-refractivity contribution in [3.05, 3.63) is 34.9 Å². The zero-order valence-corrected chi connectivity index (χ0v) is 8.38. The average molecular weight is 219 g/mol. The summed E-state index contributed by atoms with van der Waals surface area (Å²) in [5.41, 5.74) is 11.6. The van der Waals surface area contributed by atoms with Crippen molar-refractivity contribution < 1.29 is 14.7 Å². The summed E-state index contributed by atoms with van der Waals surface area (Å²) in [6.07, 6.45) is 2.79. The summed E-state index contributed by atoms with van der Waals surface area (Å²) in [6, 6.07) is 4.67. The zero-order valence-electron chi connectivity index (χ0n) is 8.38. The summed E-state index contributed by atoms with van der Waals surface area (Å²) in [7, 11) is 0.